The first-order valence-electron chi connectivity index (χ1n) is 11.9. The van der Waals surface area contributed by atoms with Crippen molar-refractivity contribution in [3.8, 4) is 0 Å². The normalized spacial score (nSPS) is 49.1. The fourth-order valence-electron chi connectivity index (χ4n) is 8.72. The number of aliphatic carboxylic acids is 1. The molecule has 2 unspecified atom stereocenters. The molecular formula is C24H39NO4S. The van der Waals surface area contributed by atoms with Crippen molar-refractivity contribution in [1.82, 2.24) is 4.72 Å². The molecule has 170 valence electrons. The third-order valence-electron chi connectivity index (χ3n) is 10.4. The van der Waals surface area contributed by atoms with Crippen LogP contribution in [0.2, 0.25) is 0 Å². The van der Waals surface area contributed by atoms with E-state index in [9.17, 15) is 14.7 Å². The second kappa shape index (κ2) is 8.08. The van der Waals surface area contributed by atoms with Crippen molar-refractivity contribution in [1.29, 1.82) is 0 Å². The van der Waals surface area contributed by atoms with Crippen molar-refractivity contribution >= 4 is 24.6 Å². The smallest absolute Gasteiger partial charge is 0.303 e. The summed E-state index contributed by atoms with van der Waals surface area (Å²) >= 11 is 4.57. The zero-order chi connectivity index (χ0) is 21.8. The summed E-state index contributed by atoms with van der Waals surface area (Å²) in [5.41, 5.74) is 0.129. The van der Waals surface area contributed by atoms with Crippen molar-refractivity contribution in [2.75, 3.05) is 0 Å². The maximum absolute atomic E-state index is 12.2. The van der Waals surface area contributed by atoms with Crippen LogP contribution in [-0.4, -0.2) is 34.1 Å². The minimum absolute atomic E-state index is 0.00942. The van der Waals surface area contributed by atoms with Crippen molar-refractivity contribution in [2.45, 2.75) is 90.7 Å². The van der Waals surface area contributed by atoms with Crippen LogP contribution in [0.3, 0.4) is 0 Å². The minimum atomic E-state index is -0.720. The lowest BCUT2D eigenvalue weighted by molar-refractivity contribution is -0.174. The Morgan fingerprint density at radius 1 is 1.27 bits per heavy atom. The Balaban J connectivity index is 1.65. The van der Waals surface area contributed by atoms with Gasteiger partial charge in [-0.1, -0.05) is 33.6 Å². The fraction of sp³-hybridized carbons (Fsp3) is 0.917. The van der Waals surface area contributed by atoms with E-state index in [-0.39, 0.29) is 35.3 Å². The molecular weight excluding hydrogens is 398 g/mol. The number of hydrogen-bond acceptors (Lipinski definition) is 5. The van der Waals surface area contributed by atoms with E-state index in [1.807, 2.05) is 0 Å². The van der Waals surface area contributed by atoms with Gasteiger partial charge < -0.3 is 10.2 Å². The van der Waals surface area contributed by atoms with Crippen LogP contribution >= 0.6 is 12.8 Å². The first kappa shape index (κ1) is 22.6. The predicted molar refractivity (Wildman–Crippen MR) is 119 cm³/mol. The summed E-state index contributed by atoms with van der Waals surface area (Å²) < 4.78 is 3.36. The van der Waals surface area contributed by atoms with E-state index >= 15 is 0 Å². The topological polar surface area (TPSA) is 86.6 Å². The van der Waals surface area contributed by atoms with Crippen LogP contribution in [0, 0.1) is 46.3 Å². The Bertz CT molecular complexity index is 701. The number of carboxylic acid groups (broad SMARTS) is 1. The number of rotatable bonds is 5. The molecule has 0 aromatic carbocycles. The van der Waals surface area contributed by atoms with Gasteiger partial charge in [0.25, 0.3) is 0 Å². The molecule has 4 saturated carbocycles. The Morgan fingerprint density at radius 3 is 2.67 bits per heavy atom. The van der Waals surface area contributed by atoms with Crippen LogP contribution < -0.4 is 4.72 Å². The highest BCUT2D eigenvalue weighted by molar-refractivity contribution is 7.78. The molecule has 0 bridgehead atoms. The molecule has 6 heteroatoms. The number of aliphatic hydroxyl groups excluding tert-OH is 1. The molecule has 4 aliphatic carbocycles. The second-order valence-electron chi connectivity index (χ2n) is 11.4. The van der Waals surface area contributed by atoms with Crippen LogP contribution in [-0.2, 0) is 9.59 Å². The minimum Gasteiger partial charge on any atom is -0.481 e. The highest BCUT2D eigenvalue weighted by atomic mass is 32.1. The molecule has 0 radical (unpaired) electrons. The molecule has 0 aromatic heterocycles. The van der Waals surface area contributed by atoms with Crippen LogP contribution in [0.4, 0.5) is 0 Å². The Morgan fingerprint density at radius 2 is 2.00 bits per heavy atom. The predicted octanol–water partition coefficient (Wildman–Crippen LogP) is 4.10. The van der Waals surface area contributed by atoms with Gasteiger partial charge in [0.05, 0.1) is 6.10 Å². The number of ketones is 1. The number of fused-ring (bicyclic) bond motifs is 5. The maximum atomic E-state index is 12.2. The van der Waals surface area contributed by atoms with Crippen molar-refractivity contribution < 1.29 is 19.8 Å². The summed E-state index contributed by atoms with van der Waals surface area (Å²) in [6, 6.07) is 0.243. The number of carboxylic acids is 1. The number of aliphatic hydroxyl groups is 1. The summed E-state index contributed by atoms with van der Waals surface area (Å²) in [6.07, 6.45) is 6.80. The van der Waals surface area contributed by atoms with Gasteiger partial charge in [0.15, 0.2) is 0 Å². The fourth-order valence-corrected chi connectivity index (χ4v) is 9.11. The van der Waals surface area contributed by atoms with E-state index < -0.39 is 5.97 Å². The first-order valence-corrected chi connectivity index (χ1v) is 12.4. The van der Waals surface area contributed by atoms with Crippen LogP contribution in [0.15, 0.2) is 0 Å². The van der Waals surface area contributed by atoms with E-state index in [1.165, 1.54) is 0 Å². The largest absolute Gasteiger partial charge is 0.481 e. The summed E-state index contributed by atoms with van der Waals surface area (Å²) in [7, 11) is 0. The lowest BCUT2D eigenvalue weighted by Crippen LogP contribution is -2.64. The zero-order valence-electron chi connectivity index (χ0n) is 18.6. The third-order valence-corrected chi connectivity index (χ3v) is 10.7. The molecule has 10 atom stereocenters. The molecule has 5 nitrogen and oxygen atoms in total. The molecule has 0 spiro atoms. The van der Waals surface area contributed by atoms with E-state index in [2.05, 4.69) is 38.3 Å². The van der Waals surface area contributed by atoms with Gasteiger partial charge in [0.2, 0.25) is 0 Å². The summed E-state index contributed by atoms with van der Waals surface area (Å²) in [5, 5.41) is 20.5. The molecule has 0 saturated heterocycles. The Labute approximate surface area is 186 Å². The highest BCUT2D eigenvalue weighted by Gasteiger charge is 2.65. The standard InChI is InChI=1S/C24H39NO4S/c1-13(4-7-21(28)29)16-5-6-17-22-18(12-20(25-30)24(16,17)3)23(2)9-8-15(26)10-14(23)11-19(22)27/h13-14,16-20,22,25,27,30H,4-12H2,1-3H3,(H,28,29)/t13-,14+,16-,17+,18+,19?,20?,22+,23+,24-/m1/s1. The molecule has 0 aliphatic heterocycles. The quantitative estimate of drug-likeness (QED) is 0.487. The van der Waals surface area contributed by atoms with Gasteiger partial charge in [0.1, 0.15) is 5.78 Å². The second-order valence-corrected chi connectivity index (χ2v) is 11.7. The van der Waals surface area contributed by atoms with Gasteiger partial charge in [-0.15, -0.1) is 0 Å². The van der Waals surface area contributed by atoms with Gasteiger partial charge in [-0.2, -0.15) is 0 Å². The molecule has 0 heterocycles. The molecule has 30 heavy (non-hydrogen) atoms. The van der Waals surface area contributed by atoms with E-state index in [4.69, 9.17) is 5.11 Å². The third kappa shape index (κ3) is 3.36. The van der Waals surface area contributed by atoms with Crippen molar-refractivity contribution in [3.63, 3.8) is 0 Å². The molecule has 4 rings (SSSR count). The SMILES string of the molecule is C[C@H](CCC(=O)O)[C@H]1CC[C@H]2[C@@H]3C(O)C[C@@H]4CC(=O)CC[C@]4(C)[C@H]3CC(NS)[C@]12C. The molecule has 3 N–H and O–H groups in total. The van der Waals surface area contributed by atoms with Crippen LogP contribution in [0.1, 0.15) is 78.6 Å². The number of carbonyl (C=O) groups excluding carboxylic acids is 1. The maximum Gasteiger partial charge on any atom is 0.303 e. The van der Waals surface area contributed by atoms with Gasteiger partial charge in [0, 0.05) is 25.3 Å². The van der Waals surface area contributed by atoms with Crippen molar-refractivity contribution in [2.24, 2.45) is 46.3 Å². The van der Waals surface area contributed by atoms with E-state index in [1.54, 1.807) is 0 Å². The molecule has 0 aromatic rings. The number of nitrogens with one attached hydrogen (secondary N) is 1. The summed E-state index contributed by atoms with van der Waals surface area (Å²) in [6.45, 7) is 6.97. The zero-order valence-corrected chi connectivity index (χ0v) is 19.5. The monoisotopic (exact) mass is 437 g/mol. The van der Waals surface area contributed by atoms with Gasteiger partial charge >= 0.3 is 5.97 Å². The molecule has 4 fully saturated rings. The van der Waals surface area contributed by atoms with Gasteiger partial charge in [-0.25, -0.2) is 0 Å². The molecule has 0 amide bonds. The van der Waals surface area contributed by atoms with Gasteiger partial charge in [-0.3, -0.25) is 14.3 Å². The van der Waals surface area contributed by atoms with E-state index in [0.717, 1.165) is 32.1 Å². The van der Waals surface area contributed by atoms with Gasteiger partial charge in [-0.05, 0) is 84.9 Å². The highest BCUT2D eigenvalue weighted by Crippen LogP contribution is 2.68. The molecule has 4 aliphatic rings. The average Bonchev–Trinajstić information content (AvgIpc) is 3.04. The lowest BCUT2D eigenvalue weighted by atomic mass is 9.43. The Hall–Kier alpha value is -0.590. The number of carbonyl (C=O) groups is 2. The lowest BCUT2D eigenvalue weighted by Gasteiger charge is -2.63. The van der Waals surface area contributed by atoms with E-state index in [0.29, 0.717) is 54.6 Å². The van der Waals surface area contributed by atoms with Crippen LogP contribution in [0.5, 0.6) is 0 Å². The first-order chi connectivity index (χ1) is 14.1. The number of hydrogen-bond donors (Lipinski definition) is 4. The number of thiol groups is 1. The summed E-state index contributed by atoms with van der Waals surface area (Å²) in [5.74, 6) is 1.83. The van der Waals surface area contributed by atoms with Crippen LogP contribution in [0.25, 0.3) is 0 Å². The summed E-state index contributed by atoms with van der Waals surface area (Å²) in [4.78, 5) is 23.3. The Kier molecular flexibility index (Phi) is 6.08. The number of Topliss-reactive ketones (excluding diaryl/α,β-unsaturated/α-hetero) is 1. The van der Waals surface area contributed by atoms with Crippen molar-refractivity contribution in [3.05, 3.63) is 0 Å². The average molecular weight is 438 g/mol.